The summed E-state index contributed by atoms with van der Waals surface area (Å²) in [5.74, 6) is -0.219. The third-order valence-corrected chi connectivity index (χ3v) is 4.69. The zero-order valence-electron chi connectivity index (χ0n) is 16.4. The molecule has 3 aromatic rings. The van der Waals surface area contributed by atoms with Crippen molar-refractivity contribution in [3.63, 3.8) is 0 Å². The highest BCUT2D eigenvalue weighted by molar-refractivity contribution is 6.02. The molecule has 6 nitrogen and oxygen atoms in total. The van der Waals surface area contributed by atoms with E-state index in [0.717, 1.165) is 24.8 Å². The van der Waals surface area contributed by atoms with Crippen molar-refractivity contribution in [2.45, 2.75) is 26.2 Å². The molecule has 0 aliphatic rings. The van der Waals surface area contributed by atoms with Crippen molar-refractivity contribution >= 4 is 17.3 Å². The second-order valence-electron chi connectivity index (χ2n) is 6.81. The van der Waals surface area contributed by atoms with Crippen molar-refractivity contribution in [2.75, 3.05) is 20.1 Å². The second-order valence-corrected chi connectivity index (χ2v) is 6.81. The number of pyridine rings is 1. The van der Waals surface area contributed by atoms with E-state index in [4.69, 9.17) is 0 Å². The van der Waals surface area contributed by atoms with E-state index in [2.05, 4.69) is 17.2 Å². The Morgan fingerprint density at radius 2 is 1.86 bits per heavy atom. The first-order chi connectivity index (χ1) is 13.6. The summed E-state index contributed by atoms with van der Waals surface area (Å²) in [4.78, 5) is 31.6. The predicted molar refractivity (Wildman–Crippen MR) is 110 cm³/mol. The second kappa shape index (κ2) is 9.17. The molecule has 0 radical (unpaired) electrons. The van der Waals surface area contributed by atoms with Gasteiger partial charge in [0.2, 0.25) is 5.82 Å². The van der Waals surface area contributed by atoms with E-state index in [0.29, 0.717) is 24.3 Å². The van der Waals surface area contributed by atoms with Crippen molar-refractivity contribution in [3.8, 4) is 0 Å². The molecule has 0 spiro atoms. The Morgan fingerprint density at radius 1 is 1.11 bits per heavy atom. The number of hydrogen-bond donors (Lipinski definition) is 1. The molecule has 0 saturated heterocycles. The molecule has 6 heteroatoms. The molecule has 0 bridgehead atoms. The van der Waals surface area contributed by atoms with E-state index in [1.807, 2.05) is 48.5 Å². The third-order valence-electron chi connectivity index (χ3n) is 4.69. The molecule has 1 N–H and O–H groups in total. The maximum absolute atomic E-state index is 12.8. The summed E-state index contributed by atoms with van der Waals surface area (Å²) in [5.41, 5.74) is 2.11. The minimum Gasteiger partial charge on any atom is -0.349 e. The fraction of sp³-hybridized carbons (Fsp3) is 0.318. The smallest absolute Gasteiger partial charge is 0.287 e. The Balaban J connectivity index is 1.77. The molecule has 0 fully saturated rings. The van der Waals surface area contributed by atoms with E-state index >= 15 is 0 Å². The van der Waals surface area contributed by atoms with Crippen LogP contribution in [0.3, 0.4) is 0 Å². The standard InChI is InChI=1S/C22H26N4O2/c1-3-4-15-25(2)22(28)19-18-12-8-9-16-26(18)20(24-19)21(27)23-14-13-17-10-6-5-7-11-17/h5-12,16H,3-4,13-15H2,1-2H3,(H,23,27). The van der Waals surface area contributed by atoms with Crippen LogP contribution in [0, 0.1) is 0 Å². The number of nitrogens with zero attached hydrogens (tertiary/aromatic N) is 3. The third kappa shape index (κ3) is 4.39. The summed E-state index contributed by atoms with van der Waals surface area (Å²) in [5, 5.41) is 2.91. The van der Waals surface area contributed by atoms with Gasteiger partial charge in [0, 0.05) is 26.3 Å². The topological polar surface area (TPSA) is 66.7 Å². The molecule has 0 aliphatic carbocycles. The van der Waals surface area contributed by atoms with Gasteiger partial charge in [-0.05, 0) is 30.5 Å². The van der Waals surface area contributed by atoms with Gasteiger partial charge in [0.15, 0.2) is 5.69 Å². The number of fused-ring (bicyclic) bond motifs is 1. The molecule has 2 amide bonds. The number of carbonyl (C=O) groups excluding carboxylic acids is 2. The van der Waals surface area contributed by atoms with Gasteiger partial charge in [0.1, 0.15) is 0 Å². The number of rotatable bonds is 8. The Bertz CT molecular complexity index is 950. The summed E-state index contributed by atoms with van der Waals surface area (Å²) in [6.45, 7) is 3.26. The van der Waals surface area contributed by atoms with Crippen molar-refractivity contribution in [1.82, 2.24) is 19.6 Å². The SMILES string of the molecule is CCCCN(C)C(=O)c1nc(C(=O)NCCc2ccccc2)n2ccccc12. The van der Waals surface area contributed by atoms with Crippen LogP contribution in [0.2, 0.25) is 0 Å². The van der Waals surface area contributed by atoms with Crippen LogP contribution in [0.15, 0.2) is 54.7 Å². The van der Waals surface area contributed by atoms with Crippen molar-refractivity contribution < 1.29 is 9.59 Å². The van der Waals surface area contributed by atoms with Gasteiger partial charge in [0.25, 0.3) is 11.8 Å². The first kappa shape index (κ1) is 19.6. The molecule has 0 aliphatic heterocycles. The van der Waals surface area contributed by atoms with Crippen molar-refractivity contribution in [1.29, 1.82) is 0 Å². The molecule has 146 valence electrons. The predicted octanol–water partition coefficient (Wildman–Crippen LogP) is 3.18. The summed E-state index contributed by atoms with van der Waals surface area (Å²) < 4.78 is 1.68. The van der Waals surface area contributed by atoms with Gasteiger partial charge in [0.05, 0.1) is 5.52 Å². The van der Waals surface area contributed by atoms with Crippen LogP contribution in [-0.4, -0.2) is 46.2 Å². The van der Waals surface area contributed by atoms with Crippen molar-refractivity contribution in [2.24, 2.45) is 0 Å². The Morgan fingerprint density at radius 3 is 2.61 bits per heavy atom. The van der Waals surface area contributed by atoms with Crippen LogP contribution < -0.4 is 5.32 Å². The molecule has 1 aromatic carbocycles. The molecule has 28 heavy (non-hydrogen) atoms. The first-order valence-electron chi connectivity index (χ1n) is 9.66. The summed E-state index contributed by atoms with van der Waals surface area (Å²) in [7, 11) is 1.77. The largest absolute Gasteiger partial charge is 0.349 e. The summed E-state index contributed by atoms with van der Waals surface area (Å²) >= 11 is 0. The quantitative estimate of drug-likeness (QED) is 0.655. The Hall–Kier alpha value is -3.15. The fourth-order valence-electron chi connectivity index (χ4n) is 3.08. The summed E-state index contributed by atoms with van der Waals surface area (Å²) in [6.07, 6.45) is 4.44. The first-order valence-corrected chi connectivity index (χ1v) is 9.66. The van der Waals surface area contributed by atoms with Gasteiger partial charge in [-0.2, -0.15) is 0 Å². The minimum atomic E-state index is -0.285. The van der Waals surface area contributed by atoms with Gasteiger partial charge in [-0.1, -0.05) is 49.7 Å². The number of unbranched alkanes of at least 4 members (excludes halogenated alkanes) is 1. The number of nitrogens with one attached hydrogen (secondary N) is 1. The zero-order valence-corrected chi connectivity index (χ0v) is 16.4. The molecule has 2 heterocycles. The number of hydrogen-bond acceptors (Lipinski definition) is 3. The number of imidazole rings is 1. The Kier molecular flexibility index (Phi) is 6.42. The highest BCUT2D eigenvalue weighted by atomic mass is 16.2. The average molecular weight is 378 g/mol. The maximum atomic E-state index is 12.8. The monoisotopic (exact) mass is 378 g/mol. The number of carbonyl (C=O) groups is 2. The van der Waals surface area contributed by atoms with Gasteiger partial charge >= 0.3 is 0 Å². The lowest BCUT2D eigenvalue weighted by Gasteiger charge is -2.15. The molecule has 0 unspecified atom stereocenters. The van der Waals surface area contributed by atoms with Crippen LogP contribution >= 0.6 is 0 Å². The number of aromatic nitrogens is 2. The van der Waals surface area contributed by atoms with Gasteiger partial charge in [-0.15, -0.1) is 0 Å². The molecule has 0 saturated carbocycles. The van der Waals surface area contributed by atoms with Crippen LogP contribution in [0.25, 0.3) is 5.52 Å². The molecular weight excluding hydrogens is 352 g/mol. The normalized spacial score (nSPS) is 10.8. The van der Waals surface area contributed by atoms with Crippen LogP contribution in [0.5, 0.6) is 0 Å². The van der Waals surface area contributed by atoms with Crippen molar-refractivity contribution in [3.05, 3.63) is 71.8 Å². The van der Waals surface area contributed by atoms with Gasteiger partial charge in [-0.25, -0.2) is 4.98 Å². The van der Waals surface area contributed by atoms with E-state index in [1.165, 1.54) is 0 Å². The maximum Gasteiger partial charge on any atom is 0.287 e. The van der Waals surface area contributed by atoms with Crippen LogP contribution in [-0.2, 0) is 6.42 Å². The minimum absolute atomic E-state index is 0.166. The highest BCUT2D eigenvalue weighted by Crippen LogP contribution is 2.15. The fourth-order valence-corrected chi connectivity index (χ4v) is 3.08. The lowest BCUT2D eigenvalue weighted by atomic mass is 10.1. The average Bonchev–Trinajstić information content (AvgIpc) is 3.12. The number of benzene rings is 1. The van der Waals surface area contributed by atoms with E-state index in [-0.39, 0.29) is 17.6 Å². The number of amides is 2. The van der Waals surface area contributed by atoms with Crippen LogP contribution in [0.4, 0.5) is 0 Å². The summed E-state index contributed by atoms with van der Waals surface area (Å²) in [6, 6.07) is 15.5. The van der Waals surface area contributed by atoms with Gasteiger partial charge < -0.3 is 10.2 Å². The van der Waals surface area contributed by atoms with E-state index < -0.39 is 0 Å². The molecule has 2 aromatic heterocycles. The van der Waals surface area contributed by atoms with Crippen LogP contribution in [0.1, 0.15) is 46.4 Å². The van der Waals surface area contributed by atoms with Gasteiger partial charge in [-0.3, -0.25) is 14.0 Å². The Labute approximate surface area is 165 Å². The molecular formula is C22H26N4O2. The lowest BCUT2D eigenvalue weighted by Crippen LogP contribution is -2.29. The van der Waals surface area contributed by atoms with E-state index in [9.17, 15) is 9.59 Å². The lowest BCUT2D eigenvalue weighted by molar-refractivity contribution is 0.0790. The molecule has 0 atom stereocenters. The van der Waals surface area contributed by atoms with E-state index in [1.54, 1.807) is 22.5 Å². The zero-order chi connectivity index (χ0) is 19.9. The highest BCUT2D eigenvalue weighted by Gasteiger charge is 2.23. The molecule has 3 rings (SSSR count).